The predicted molar refractivity (Wildman–Crippen MR) is 88.6 cm³/mol. The van der Waals surface area contributed by atoms with Crippen molar-refractivity contribution in [1.82, 2.24) is 4.98 Å². The van der Waals surface area contributed by atoms with Crippen LogP contribution in [0.5, 0.6) is 0 Å². The van der Waals surface area contributed by atoms with E-state index in [-0.39, 0.29) is 5.41 Å². The molecule has 2 aromatic rings. The van der Waals surface area contributed by atoms with Crippen LogP contribution in [0.25, 0.3) is 0 Å². The summed E-state index contributed by atoms with van der Waals surface area (Å²) in [6.07, 6.45) is 3.65. The maximum absolute atomic E-state index is 11.1. The van der Waals surface area contributed by atoms with Crippen LogP contribution in [0.4, 0.5) is 5.82 Å². The largest absolute Gasteiger partial charge is 0.368 e. The molecule has 1 fully saturated rings. The molecule has 0 saturated heterocycles. The van der Waals surface area contributed by atoms with Crippen LogP contribution in [0.15, 0.2) is 36.5 Å². The van der Waals surface area contributed by atoms with Crippen LogP contribution in [0.2, 0.25) is 10.0 Å². The fraction of sp³-hybridized carbons (Fsp3) is 0.250. The van der Waals surface area contributed by atoms with Crippen LogP contribution in [-0.2, 0) is 5.41 Å². The summed E-state index contributed by atoms with van der Waals surface area (Å²) in [6.45, 7) is 0.733. The number of anilines is 1. The fourth-order valence-corrected chi connectivity index (χ4v) is 2.84. The van der Waals surface area contributed by atoms with Crippen molar-refractivity contribution in [1.29, 1.82) is 0 Å². The number of nitrogens with one attached hydrogen (secondary N) is 1. The van der Waals surface area contributed by atoms with Crippen molar-refractivity contribution in [3.05, 3.63) is 57.7 Å². The van der Waals surface area contributed by atoms with Crippen LogP contribution in [0.3, 0.4) is 0 Å². The molecule has 3 N–H and O–H groups in total. The van der Waals surface area contributed by atoms with Gasteiger partial charge < -0.3 is 11.1 Å². The van der Waals surface area contributed by atoms with Gasteiger partial charge in [0.1, 0.15) is 5.82 Å². The number of rotatable bonds is 5. The summed E-state index contributed by atoms with van der Waals surface area (Å²) in [5, 5.41) is 4.39. The van der Waals surface area contributed by atoms with E-state index < -0.39 is 5.91 Å². The van der Waals surface area contributed by atoms with E-state index in [2.05, 4.69) is 22.4 Å². The van der Waals surface area contributed by atoms with Crippen LogP contribution < -0.4 is 11.1 Å². The molecule has 3 rings (SSSR count). The maximum atomic E-state index is 11.1. The Morgan fingerprint density at radius 2 is 1.95 bits per heavy atom. The highest BCUT2D eigenvalue weighted by Gasteiger charge is 2.44. The molecule has 1 aliphatic rings. The monoisotopic (exact) mass is 335 g/mol. The first-order chi connectivity index (χ1) is 10.5. The van der Waals surface area contributed by atoms with Crippen LogP contribution in [-0.4, -0.2) is 17.4 Å². The number of halogens is 2. The van der Waals surface area contributed by atoms with Gasteiger partial charge in [-0.1, -0.05) is 35.3 Å². The van der Waals surface area contributed by atoms with Crippen LogP contribution in [0, 0.1) is 0 Å². The molecule has 1 heterocycles. The number of primary amides is 1. The first kappa shape index (κ1) is 15.1. The van der Waals surface area contributed by atoms with E-state index in [0.29, 0.717) is 16.4 Å². The minimum Gasteiger partial charge on any atom is -0.368 e. The molecule has 4 nitrogen and oxygen atoms in total. The second-order valence-electron chi connectivity index (χ2n) is 5.56. The van der Waals surface area contributed by atoms with E-state index in [1.165, 1.54) is 17.8 Å². The Balaban J connectivity index is 1.72. The highest BCUT2D eigenvalue weighted by molar-refractivity contribution is 6.33. The molecule has 0 unspecified atom stereocenters. The molecule has 0 radical (unpaired) electrons. The number of carbonyl (C=O) groups excluding carboxylic acids is 1. The minimum absolute atomic E-state index is 0.109. The normalized spacial score (nSPS) is 15.4. The molecule has 0 aliphatic heterocycles. The number of nitrogens with two attached hydrogens (primary N) is 1. The highest BCUT2D eigenvalue weighted by Crippen LogP contribution is 2.48. The van der Waals surface area contributed by atoms with E-state index in [9.17, 15) is 4.79 Å². The molecular weight excluding hydrogens is 321 g/mol. The zero-order valence-electron chi connectivity index (χ0n) is 11.8. The van der Waals surface area contributed by atoms with Crippen LogP contribution in [0.1, 0.15) is 28.8 Å². The van der Waals surface area contributed by atoms with Gasteiger partial charge in [0.15, 0.2) is 0 Å². The van der Waals surface area contributed by atoms with Crippen molar-refractivity contribution in [3.8, 4) is 0 Å². The molecule has 1 saturated carbocycles. The minimum atomic E-state index is -0.541. The van der Waals surface area contributed by atoms with Gasteiger partial charge in [-0.3, -0.25) is 4.79 Å². The smallest absolute Gasteiger partial charge is 0.250 e. The molecule has 22 heavy (non-hydrogen) atoms. The van der Waals surface area contributed by atoms with Crippen molar-refractivity contribution in [3.63, 3.8) is 0 Å². The lowest BCUT2D eigenvalue weighted by atomic mass is 9.96. The van der Waals surface area contributed by atoms with Gasteiger partial charge in [0.2, 0.25) is 5.91 Å². The molecule has 6 heteroatoms. The Bertz CT molecular complexity index is 712. The molecule has 0 bridgehead atoms. The molecule has 1 aromatic carbocycles. The second kappa shape index (κ2) is 5.78. The Kier molecular flexibility index (Phi) is 3.98. The number of carbonyl (C=O) groups is 1. The summed E-state index contributed by atoms with van der Waals surface area (Å²) in [5.41, 5.74) is 6.87. The highest BCUT2D eigenvalue weighted by atomic mass is 35.5. The molecular formula is C16H15Cl2N3O. The van der Waals surface area contributed by atoms with Gasteiger partial charge in [0, 0.05) is 23.2 Å². The summed E-state index contributed by atoms with van der Waals surface area (Å²) in [4.78, 5) is 15.3. The van der Waals surface area contributed by atoms with Crippen LogP contribution >= 0.6 is 23.2 Å². The summed E-state index contributed by atoms with van der Waals surface area (Å²) < 4.78 is 0. The Hall–Kier alpha value is -1.78. The second-order valence-corrected chi connectivity index (χ2v) is 6.40. The molecule has 114 valence electrons. The third-order valence-electron chi connectivity index (χ3n) is 4.03. The van der Waals surface area contributed by atoms with Gasteiger partial charge in [0.25, 0.3) is 0 Å². The average Bonchev–Trinajstić information content (AvgIpc) is 3.27. The zero-order valence-corrected chi connectivity index (χ0v) is 13.3. The van der Waals surface area contributed by atoms with Crippen molar-refractivity contribution in [2.45, 2.75) is 18.3 Å². The Morgan fingerprint density at radius 1 is 1.27 bits per heavy atom. The molecule has 0 spiro atoms. The summed E-state index contributed by atoms with van der Waals surface area (Å²) in [6, 6.07) is 9.46. The SMILES string of the molecule is NC(=O)c1cnc(NCC2(c3ccc(Cl)cc3)CC2)c(Cl)c1. The number of pyridine rings is 1. The predicted octanol–water partition coefficient (Wildman–Crippen LogP) is 3.63. The first-order valence-corrected chi connectivity index (χ1v) is 7.71. The van der Waals surface area contributed by atoms with Gasteiger partial charge in [-0.2, -0.15) is 0 Å². The molecule has 0 atom stereocenters. The van der Waals surface area contributed by atoms with E-state index >= 15 is 0 Å². The van der Waals surface area contributed by atoms with Gasteiger partial charge in [-0.25, -0.2) is 4.98 Å². The summed E-state index contributed by atoms with van der Waals surface area (Å²) in [5.74, 6) is 0.0210. The number of hydrogen-bond donors (Lipinski definition) is 2. The standard InChI is InChI=1S/C16H15Cl2N3O/c17-12-3-1-11(2-4-12)16(5-6-16)9-21-15-13(18)7-10(8-20-15)14(19)22/h1-4,7-8H,5-6,9H2,(H2,19,22)(H,20,21). The zero-order chi connectivity index (χ0) is 15.7. The lowest BCUT2D eigenvalue weighted by Crippen LogP contribution is -2.20. The third kappa shape index (κ3) is 3.03. The summed E-state index contributed by atoms with van der Waals surface area (Å²) >= 11 is 12.1. The van der Waals surface area contributed by atoms with Crippen molar-refractivity contribution < 1.29 is 4.79 Å². The summed E-state index contributed by atoms with van der Waals surface area (Å²) in [7, 11) is 0. The van der Waals surface area contributed by atoms with E-state index in [1.54, 1.807) is 0 Å². The Morgan fingerprint density at radius 3 is 2.50 bits per heavy atom. The third-order valence-corrected chi connectivity index (χ3v) is 4.57. The van der Waals surface area contributed by atoms with Gasteiger partial charge >= 0.3 is 0 Å². The Labute approximate surface area is 138 Å². The number of amides is 1. The fourth-order valence-electron chi connectivity index (χ4n) is 2.48. The quantitative estimate of drug-likeness (QED) is 0.876. The van der Waals surface area contributed by atoms with Crippen molar-refractivity contribution in [2.75, 3.05) is 11.9 Å². The maximum Gasteiger partial charge on any atom is 0.250 e. The van der Waals surface area contributed by atoms with Gasteiger partial charge in [-0.15, -0.1) is 0 Å². The number of nitrogens with zero attached hydrogens (tertiary/aromatic N) is 1. The number of hydrogen-bond acceptors (Lipinski definition) is 3. The van der Waals surface area contributed by atoms with Gasteiger partial charge in [0.05, 0.1) is 10.6 Å². The average molecular weight is 336 g/mol. The number of aromatic nitrogens is 1. The lowest BCUT2D eigenvalue weighted by molar-refractivity contribution is 0.1000. The number of benzene rings is 1. The van der Waals surface area contributed by atoms with E-state index in [0.717, 1.165) is 24.4 Å². The van der Waals surface area contributed by atoms with Crippen molar-refractivity contribution in [2.24, 2.45) is 5.73 Å². The van der Waals surface area contributed by atoms with Gasteiger partial charge in [-0.05, 0) is 36.6 Å². The molecule has 1 aliphatic carbocycles. The van der Waals surface area contributed by atoms with E-state index in [1.807, 2.05) is 12.1 Å². The molecule has 1 amide bonds. The first-order valence-electron chi connectivity index (χ1n) is 6.95. The topological polar surface area (TPSA) is 68.0 Å². The van der Waals surface area contributed by atoms with Crippen molar-refractivity contribution >= 4 is 34.9 Å². The lowest BCUT2D eigenvalue weighted by Gasteiger charge is -2.17. The molecule has 1 aromatic heterocycles. The van der Waals surface area contributed by atoms with E-state index in [4.69, 9.17) is 28.9 Å².